The van der Waals surface area contributed by atoms with Crippen LogP contribution in [0, 0.1) is 0 Å². The summed E-state index contributed by atoms with van der Waals surface area (Å²) in [6, 6.07) is 18.9. The first kappa shape index (κ1) is 33.2. The van der Waals surface area contributed by atoms with Crippen LogP contribution in [0.2, 0.25) is 5.02 Å². The molecular weight excluding hydrogens is 690 g/mol. The zero-order valence-corrected chi connectivity index (χ0v) is 29.5. The maximum absolute atomic E-state index is 14.0. The van der Waals surface area contributed by atoms with Crippen LogP contribution in [0.1, 0.15) is 66.1 Å². The van der Waals surface area contributed by atoms with Crippen molar-refractivity contribution in [1.82, 2.24) is 34.7 Å². The standard InChI is InChI=1S/C37H43BrClN7O2/c38-30-21-29-12-11-28-22-31(39)13-14-33(28)36(35(29)41-23-30)44-18-20-46(37(47)42-32-9-5-2-6-10-32)34(25-44)48-45(19-17-43-16-15-40-26-43)24-27-7-3-1-4-8-27/h1,3-4,7-8,13-16,21-23,26,32,34,36H,2,5-6,9-12,17-20,24-25H2,(H,42,47)/t34-,36+/m0/s1. The van der Waals surface area contributed by atoms with Gasteiger partial charge in [0.1, 0.15) is 0 Å². The molecule has 0 unspecified atom stereocenters. The Morgan fingerprint density at radius 1 is 1.04 bits per heavy atom. The van der Waals surface area contributed by atoms with Crippen molar-refractivity contribution >= 4 is 33.6 Å². The number of hydrogen-bond donors (Lipinski definition) is 1. The number of carbonyl (C=O) groups excluding carboxylic acids is 1. The normalized spacial score (nSPS) is 20.3. The summed E-state index contributed by atoms with van der Waals surface area (Å²) in [5.74, 6) is 0. The van der Waals surface area contributed by atoms with Crippen molar-refractivity contribution in [2.24, 2.45) is 0 Å². The maximum Gasteiger partial charge on any atom is 0.319 e. The van der Waals surface area contributed by atoms with Gasteiger partial charge in [0.05, 0.1) is 18.1 Å². The number of urea groups is 1. The van der Waals surface area contributed by atoms with Crippen LogP contribution < -0.4 is 5.32 Å². The second-order valence-corrected chi connectivity index (χ2v) is 14.5. The Bertz CT molecular complexity index is 1610. The average molecular weight is 733 g/mol. The van der Waals surface area contributed by atoms with Gasteiger partial charge in [0.25, 0.3) is 0 Å². The number of hydrogen-bond acceptors (Lipinski definition) is 6. The van der Waals surface area contributed by atoms with Gasteiger partial charge in [-0.1, -0.05) is 67.3 Å². The summed E-state index contributed by atoms with van der Waals surface area (Å²) < 4.78 is 3.03. The van der Waals surface area contributed by atoms with Crippen molar-refractivity contribution in [3.63, 3.8) is 0 Å². The van der Waals surface area contributed by atoms with Gasteiger partial charge in [0.2, 0.25) is 0 Å². The summed E-state index contributed by atoms with van der Waals surface area (Å²) in [6.07, 6.45) is 14.4. The minimum Gasteiger partial charge on any atom is -0.336 e. The van der Waals surface area contributed by atoms with Crippen LogP contribution in [-0.4, -0.2) is 73.9 Å². The molecule has 0 radical (unpaired) electrons. The maximum atomic E-state index is 14.0. The zero-order valence-electron chi connectivity index (χ0n) is 27.2. The second-order valence-electron chi connectivity index (χ2n) is 13.1. The highest BCUT2D eigenvalue weighted by Crippen LogP contribution is 2.39. The topological polar surface area (TPSA) is 78.8 Å². The number of hydroxylamine groups is 2. The van der Waals surface area contributed by atoms with E-state index in [1.807, 2.05) is 52.9 Å². The lowest BCUT2D eigenvalue weighted by Gasteiger charge is -2.45. The third-order valence-electron chi connectivity index (χ3n) is 9.85. The molecule has 9 nitrogen and oxygen atoms in total. The van der Waals surface area contributed by atoms with Crippen LogP contribution >= 0.6 is 27.5 Å². The molecule has 48 heavy (non-hydrogen) atoms. The highest BCUT2D eigenvalue weighted by molar-refractivity contribution is 9.10. The van der Waals surface area contributed by atoms with Crippen LogP contribution in [0.3, 0.4) is 0 Å². The van der Waals surface area contributed by atoms with E-state index in [0.717, 1.165) is 59.3 Å². The number of pyridine rings is 1. The molecule has 2 atom stereocenters. The third-order valence-corrected chi connectivity index (χ3v) is 10.5. The summed E-state index contributed by atoms with van der Waals surface area (Å²) >= 11 is 10.2. The van der Waals surface area contributed by atoms with Gasteiger partial charge in [-0.05, 0) is 82.1 Å². The molecule has 1 N–H and O–H groups in total. The van der Waals surface area contributed by atoms with E-state index in [1.54, 1.807) is 6.20 Å². The van der Waals surface area contributed by atoms with Crippen molar-refractivity contribution in [1.29, 1.82) is 0 Å². The van der Waals surface area contributed by atoms with E-state index in [-0.39, 0.29) is 18.1 Å². The molecule has 3 heterocycles. The Morgan fingerprint density at radius 2 is 1.88 bits per heavy atom. The first-order valence-electron chi connectivity index (χ1n) is 17.2. The molecule has 0 spiro atoms. The Balaban J connectivity index is 1.20. The van der Waals surface area contributed by atoms with Crippen molar-refractivity contribution < 1.29 is 9.63 Å². The molecule has 2 aromatic carbocycles. The molecule has 0 bridgehead atoms. The van der Waals surface area contributed by atoms with Gasteiger partial charge in [-0.25, -0.2) is 9.78 Å². The molecule has 2 fully saturated rings. The first-order chi connectivity index (χ1) is 23.5. The monoisotopic (exact) mass is 731 g/mol. The first-order valence-corrected chi connectivity index (χ1v) is 18.3. The number of nitrogens with one attached hydrogen (secondary N) is 1. The quantitative estimate of drug-likeness (QED) is 0.187. The number of aryl methyl sites for hydroxylation is 2. The van der Waals surface area contributed by atoms with Crippen molar-refractivity contribution in [2.45, 2.75) is 76.3 Å². The Kier molecular flexibility index (Phi) is 10.7. The van der Waals surface area contributed by atoms with E-state index in [1.165, 1.54) is 23.1 Å². The number of piperazine rings is 1. The molecule has 7 rings (SSSR count). The smallest absolute Gasteiger partial charge is 0.319 e. The Morgan fingerprint density at radius 3 is 2.69 bits per heavy atom. The Hall–Kier alpha value is -3.28. The van der Waals surface area contributed by atoms with Crippen LogP contribution in [0.5, 0.6) is 0 Å². The van der Waals surface area contributed by atoms with E-state index in [4.69, 9.17) is 21.4 Å². The third kappa shape index (κ3) is 7.95. The number of carbonyl (C=O) groups is 1. The number of benzene rings is 2. The average Bonchev–Trinajstić information content (AvgIpc) is 3.57. The number of amides is 2. The predicted molar refractivity (Wildman–Crippen MR) is 190 cm³/mol. The van der Waals surface area contributed by atoms with Crippen LogP contribution in [0.15, 0.2) is 84.0 Å². The van der Waals surface area contributed by atoms with E-state index in [0.29, 0.717) is 39.3 Å². The number of halogens is 2. The predicted octanol–water partition coefficient (Wildman–Crippen LogP) is 7.00. The number of imidazole rings is 1. The molecule has 2 amide bonds. The van der Waals surface area contributed by atoms with Gasteiger partial charge in [-0.2, -0.15) is 5.06 Å². The molecule has 4 aromatic rings. The summed E-state index contributed by atoms with van der Waals surface area (Å²) in [5.41, 5.74) is 5.88. The van der Waals surface area contributed by atoms with Crippen molar-refractivity contribution in [3.05, 3.63) is 117 Å². The number of rotatable bonds is 9. The van der Waals surface area contributed by atoms with Crippen LogP contribution in [0.25, 0.3) is 0 Å². The van der Waals surface area contributed by atoms with Gasteiger partial charge < -0.3 is 9.88 Å². The van der Waals surface area contributed by atoms with Gasteiger partial charge >= 0.3 is 6.03 Å². The fourth-order valence-electron chi connectivity index (χ4n) is 7.39. The van der Waals surface area contributed by atoms with Gasteiger partial charge in [0.15, 0.2) is 6.23 Å². The SMILES string of the molecule is O=C(NC1CCCCC1)N1CCN([C@@H]2c3ccc(Cl)cc3CCc3cc(Br)cnc32)C[C@@H]1ON(CCn1ccnc1)Cc1ccccc1. The lowest BCUT2D eigenvalue weighted by atomic mass is 9.95. The minimum absolute atomic E-state index is 0.0451. The summed E-state index contributed by atoms with van der Waals surface area (Å²) in [5, 5.41) is 6.12. The van der Waals surface area contributed by atoms with E-state index in [2.05, 4.69) is 66.0 Å². The van der Waals surface area contributed by atoms with E-state index < -0.39 is 6.23 Å². The summed E-state index contributed by atoms with van der Waals surface area (Å²) in [7, 11) is 0. The van der Waals surface area contributed by atoms with Crippen LogP contribution in [-0.2, 0) is 30.8 Å². The van der Waals surface area contributed by atoms with Crippen LogP contribution in [0.4, 0.5) is 4.79 Å². The molecule has 2 aliphatic carbocycles. The summed E-state index contributed by atoms with van der Waals surface area (Å²) in [6.45, 7) is 3.68. The fraction of sp³-hybridized carbons (Fsp3) is 0.432. The number of aromatic nitrogens is 3. The molecule has 11 heteroatoms. The largest absolute Gasteiger partial charge is 0.336 e. The number of fused-ring (bicyclic) bond motifs is 2. The lowest BCUT2D eigenvalue weighted by Crippen LogP contribution is -2.61. The minimum atomic E-state index is -0.508. The zero-order chi connectivity index (χ0) is 32.9. The molecule has 2 aromatic heterocycles. The highest BCUT2D eigenvalue weighted by atomic mass is 79.9. The molecule has 1 saturated carbocycles. The molecule has 3 aliphatic rings. The molecular formula is C37H43BrClN7O2. The summed E-state index contributed by atoms with van der Waals surface area (Å²) in [4.78, 5) is 34.6. The van der Waals surface area contributed by atoms with Gasteiger partial charge in [-0.15, -0.1) is 0 Å². The second kappa shape index (κ2) is 15.5. The highest BCUT2D eigenvalue weighted by Gasteiger charge is 2.39. The lowest BCUT2D eigenvalue weighted by molar-refractivity contribution is -0.251. The van der Waals surface area contributed by atoms with Crippen molar-refractivity contribution in [3.8, 4) is 0 Å². The van der Waals surface area contributed by atoms with Gasteiger partial charge in [-0.3, -0.25) is 19.6 Å². The Labute approximate surface area is 296 Å². The molecule has 1 aliphatic heterocycles. The molecule has 252 valence electrons. The number of nitrogens with zero attached hydrogens (tertiary/aromatic N) is 6. The fourth-order valence-corrected chi connectivity index (χ4v) is 7.96. The van der Waals surface area contributed by atoms with E-state index >= 15 is 0 Å². The van der Waals surface area contributed by atoms with Crippen molar-refractivity contribution in [2.75, 3.05) is 26.2 Å². The molecule has 1 saturated heterocycles. The van der Waals surface area contributed by atoms with Gasteiger partial charge in [0, 0.05) is 73.4 Å². The van der Waals surface area contributed by atoms with E-state index in [9.17, 15) is 4.79 Å².